The summed E-state index contributed by atoms with van der Waals surface area (Å²) in [5, 5.41) is 3.78. The number of hydrogen-bond donors (Lipinski definition) is 3. The predicted molar refractivity (Wildman–Crippen MR) is 89.8 cm³/mol. The van der Waals surface area contributed by atoms with Crippen molar-refractivity contribution in [3.05, 3.63) is 35.4 Å². The summed E-state index contributed by atoms with van der Waals surface area (Å²) in [6, 6.07) is 9.50. The maximum Gasteiger partial charge on any atom is 0.0294 e. The van der Waals surface area contributed by atoms with Crippen LogP contribution < -0.4 is 16.8 Å². The van der Waals surface area contributed by atoms with Crippen molar-refractivity contribution in [3.8, 4) is 0 Å². The predicted octanol–water partition coefficient (Wildman–Crippen LogP) is 2.95. The Morgan fingerprint density at radius 1 is 1.24 bits per heavy atom. The number of hydrogen-bond acceptors (Lipinski definition) is 3. The van der Waals surface area contributed by atoms with Crippen molar-refractivity contribution < 1.29 is 0 Å². The van der Waals surface area contributed by atoms with E-state index in [1.807, 2.05) is 0 Å². The van der Waals surface area contributed by atoms with E-state index < -0.39 is 0 Å². The maximum absolute atomic E-state index is 5.86. The minimum atomic E-state index is 0.366. The summed E-state index contributed by atoms with van der Waals surface area (Å²) in [7, 11) is 0. The van der Waals surface area contributed by atoms with Gasteiger partial charge < -0.3 is 16.8 Å². The maximum atomic E-state index is 5.86. The lowest BCUT2D eigenvalue weighted by molar-refractivity contribution is 0.216. The Kier molecular flexibility index (Phi) is 6.22. The first-order valence-corrected chi connectivity index (χ1v) is 8.39. The first kappa shape index (κ1) is 16.5. The average Bonchev–Trinajstić information content (AvgIpc) is 2.54. The monoisotopic (exact) mass is 289 g/mol. The van der Waals surface area contributed by atoms with Gasteiger partial charge in [0, 0.05) is 18.6 Å². The van der Waals surface area contributed by atoms with Gasteiger partial charge in [-0.25, -0.2) is 0 Å². The van der Waals surface area contributed by atoms with Crippen molar-refractivity contribution >= 4 is 0 Å². The van der Waals surface area contributed by atoms with Gasteiger partial charge in [0.25, 0.3) is 0 Å². The van der Waals surface area contributed by atoms with Crippen LogP contribution in [0, 0.1) is 11.8 Å². The van der Waals surface area contributed by atoms with E-state index >= 15 is 0 Å². The highest BCUT2D eigenvalue weighted by atomic mass is 14.9. The lowest BCUT2D eigenvalue weighted by Gasteiger charge is -2.34. The molecule has 1 aliphatic rings. The van der Waals surface area contributed by atoms with Crippen molar-refractivity contribution in [3.63, 3.8) is 0 Å². The molecular weight excluding hydrogens is 258 g/mol. The fraction of sp³-hybridized carbons (Fsp3) is 0.667. The molecule has 0 aromatic heterocycles. The van der Waals surface area contributed by atoms with Crippen LogP contribution in [0.5, 0.6) is 0 Å². The highest BCUT2D eigenvalue weighted by Crippen LogP contribution is 2.31. The molecule has 5 N–H and O–H groups in total. The Morgan fingerprint density at radius 2 is 2.05 bits per heavy atom. The lowest BCUT2D eigenvalue weighted by Crippen LogP contribution is -2.38. The minimum Gasteiger partial charge on any atom is -0.330 e. The van der Waals surface area contributed by atoms with Gasteiger partial charge in [0.2, 0.25) is 0 Å². The Labute approximate surface area is 129 Å². The molecule has 3 nitrogen and oxygen atoms in total. The molecule has 3 heteroatoms. The van der Waals surface area contributed by atoms with Crippen molar-refractivity contribution in [2.24, 2.45) is 23.3 Å². The van der Waals surface area contributed by atoms with E-state index in [9.17, 15) is 0 Å². The van der Waals surface area contributed by atoms with Crippen LogP contribution in [0.3, 0.4) is 0 Å². The van der Waals surface area contributed by atoms with Crippen LogP contribution >= 0.6 is 0 Å². The van der Waals surface area contributed by atoms with Crippen molar-refractivity contribution in [1.82, 2.24) is 5.32 Å². The van der Waals surface area contributed by atoms with E-state index in [2.05, 4.69) is 43.4 Å². The highest BCUT2D eigenvalue weighted by Gasteiger charge is 2.26. The molecule has 0 amide bonds. The van der Waals surface area contributed by atoms with Gasteiger partial charge in [-0.05, 0) is 62.6 Å². The number of nitrogens with one attached hydrogen (secondary N) is 1. The van der Waals surface area contributed by atoms with Crippen LogP contribution in [0.25, 0.3) is 0 Å². The Hall–Kier alpha value is -0.900. The molecular formula is C18H31N3. The van der Waals surface area contributed by atoms with E-state index in [-0.39, 0.29) is 0 Å². The van der Waals surface area contributed by atoms with Crippen LogP contribution in [-0.4, -0.2) is 12.6 Å². The van der Waals surface area contributed by atoms with Gasteiger partial charge in [0.1, 0.15) is 0 Å². The molecule has 0 aliphatic heterocycles. The normalized spacial score (nSPS) is 25.5. The molecule has 1 fully saturated rings. The molecule has 2 rings (SSSR count). The van der Waals surface area contributed by atoms with Gasteiger partial charge in [-0.3, -0.25) is 0 Å². The molecule has 118 valence electrons. The van der Waals surface area contributed by atoms with Gasteiger partial charge in [-0.1, -0.05) is 30.7 Å². The van der Waals surface area contributed by atoms with Crippen LogP contribution in [-0.2, 0) is 6.54 Å². The number of nitrogens with two attached hydrogens (primary N) is 2. The van der Waals surface area contributed by atoms with Crippen LogP contribution in [0.4, 0.5) is 0 Å². The van der Waals surface area contributed by atoms with Gasteiger partial charge >= 0.3 is 0 Å². The van der Waals surface area contributed by atoms with Gasteiger partial charge in [-0.2, -0.15) is 0 Å². The summed E-state index contributed by atoms with van der Waals surface area (Å²) < 4.78 is 0. The minimum absolute atomic E-state index is 0.366. The standard InChI is InChI=1S/C18H31N3/c1-13(17-7-3-5-15(9-17)11-19)21-14(2)18-8-4-6-16(10-18)12-20/h3,5,7,9,13-14,16,18,21H,4,6,8,10-12,19-20H2,1-2H3. The first-order valence-electron chi connectivity index (χ1n) is 8.39. The zero-order valence-corrected chi connectivity index (χ0v) is 13.5. The second kappa shape index (κ2) is 7.92. The molecule has 0 saturated heterocycles. The summed E-state index contributed by atoms with van der Waals surface area (Å²) in [5.41, 5.74) is 14.1. The quantitative estimate of drug-likeness (QED) is 0.754. The molecule has 1 saturated carbocycles. The second-order valence-corrected chi connectivity index (χ2v) is 6.65. The molecule has 0 radical (unpaired) electrons. The molecule has 4 unspecified atom stereocenters. The zero-order chi connectivity index (χ0) is 15.2. The van der Waals surface area contributed by atoms with E-state index in [1.54, 1.807) is 0 Å². The van der Waals surface area contributed by atoms with Crippen molar-refractivity contribution in [1.29, 1.82) is 0 Å². The van der Waals surface area contributed by atoms with E-state index in [1.165, 1.54) is 36.8 Å². The summed E-state index contributed by atoms with van der Waals surface area (Å²) in [6.07, 6.45) is 5.25. The Bertz CT molecular complexity index is 432. The molecule has 0 spiro atoms. The van der Waals surface area contributed by atoms with Crippen LogP contribution in [0.1, 0.15) is 56.7 Å². The smallest absolute Gasteiger partial charge is 0.0294 e. The molecule has 0 heterocycles. The number of benzene rings is 1. The third kappa shape index (κ3) is 4.53. The largest absolute Gasteiger partial charge is 0.330 e. The van der Waals surface area contributed by atoms with E-state index in [0.717, 1.165) is 18.4 Å². The van der Waals surface area contributed by atoms with Gasteiger partial charge in [-0.15, -0.1) is 0 Å². The third-order valence-electron chi connectivity index (χ3n) is 5.06. The Morgan fingerprint density at radius 3 is 2.76 bits per heavy atom. The molecule has 1 aliphatic carbocycles. The molecule has 4 atom stereocenters. The average molecular weight is 289 g/mol. The number of rotatable bonds is 6. The fourth-order valence-electron chi connectivity index (χ4n) is 3.62. The first-order chi connectivity index (χ1) is 10.1. The fourth-order valence-corrected chi connectivity index (χ4v) is 3.62. The molecule has 1 aromatic rings. The van der Waals surface area contributed by atoms with Crippen molar-refractivity contribution in [2.45, 2.75) is 58.2 Å². The summed E-state index contributed by atoms with van der Waals surface area (Å²) in [6.45, 7) is 6.02. The molecule has 1 aromatic carbocycles. The molecule has 0 bridgehead atoms. The molecule has 21 heavy (non-hydrogen) atoms. The van der Waals surface area contributed by atoms with E-state index in [4.69, 9.17) is 11.5 Å². The Balaban J connectivity index is 1.93. The highest BCUT2D eigenvalue weighted by molar-refractivity contribution is 5.25. The lowest BCUT2D eigenvalue weighted by atomic mass is 9.78. The van der Waals surface area contributed by atoms with E-state index in [0.29, 0.717) is 18.6 Å². The van der Waals surface area contributed by atoms with Gasteiger partial charge in [0.05, 0.1) is 0 Å². The summed E-state index contributed by atoms with van der Waals surface area (Å²) in [4.78, 5) is 0. The second-order valence-electron chi connectivity index (χ2n) is 6.65. The summed E-state index contributed by atoms with van der Waals surface area (Å²) in [5.74, 6) is 1.48. The van der Waals surface area contributed by atoms with Crippen LogP contribution in [0.2, 0.25) is 0 Å². The topological polar surface area (TPSA) is 64.1 Å². The van der Waals surface area contributed by atoms with Gasteiger partial charge in [0.15, 0.2) is 0 Å². The van der Waals surface area contributed by atoms with Crippen LogP contribution in [0.15, 0.2) is 24.3 Å². The zero-order valence-electron chi connectivity index (χ0n) is 13.5. The van der Waals surface area contributed by atoms with Crippen molar-refractivity contribution in [2.75, 3.05) is 6.54 Å². The SMILES string of the molecule is CC(NC(C)C1CCCC(CN)C1)c1cccc(CN)c1. The summed E-state index contributed by atoms with van der Waals surface area (Å²) >= 11 is 0. The third-order valence-corrected chi connectivity index (χ3v) is 5.06.